The number of alkyl halides is 3. The Balaban J connectivity index is 2.57. The van der Waals surface area contributed by atoms with Crippen LogP contribution < -0.4 is 5.32 Å². The molecule has 1 N–H and O–H groups in total. The molecular weight excluding hydrogens is 358 g/mol. The van der Waals surface area contributed by atoms with Gasteiger partial charge >= 0.3 is 6.18 Å². The predicted molar refractivity (Wildman–Crippen MR) is 77.2 cm³/mol. The highest BCUT2D eigenvalue weighted by Gasteiger charge is 2.28. The van der Waals surface area contributed by atoms with Crippen LogP contribution in [0, 0.1) is 0 Å². The predicted octanol–water partition coefficient (Wildman–Crippen LogP) is 4.20. The highest BCUT2D eigenvalue weighted by atomic mass is 79.9. The van der Waals surface area contributed by atoms with Crippen molar-refractivity contribution in [3.63, 3.8) is 0 Å². The number of rotatable bonds is 7. The molecule has 1 aromatic rings. The molecule has 1 rings (SSSR count). The molecule has 0 aliphatic carbocycles. The first-order valence-electron chi connectivity index (χ1n) is 6.13. The van der Waals surface area contributed by atoms with Gasteiger partial charge in [-0.15, -0.1) is 0 Å². The monoisotopic (exact) mass is 373 g/mol. The van der Waals surface area contributed by atoms with Gasteiger partial charge in [-0.25, -0.2) is 0 Å². The third-order valence-corrected chi connectivity index (χ3v) is 3.40. The second-order valence-electron chi connectivity index (χ2n) is 4.32. The average molecular weight is 375 g/mol. The maximum atomic E-state index is 12.1. The van der Waals surface area contributed by atoms with Crippen LogP contribution in [0.3, 0.4) is 0 Å². The molecule has 7 heteroatoms. The van der Waals surface area contributed by atoms with Crippen molar-refractivity contribution in [3.8, 4) is 0 Å². The molecule has 1 aromatic carbocycles. The lowest BCUT2D eigenvalue weighted by Gasteiger charge is -2.19. The van der Waals surface area contributed by atoms with Crippen LogP contribution >= 0.6 is 27.5 Å². The zero-order chi connectivity index (χ0) is 15.2. The largest absolute Gasteiger partial charge is 0.411 e. The number of hydrogen-bond acceptors (Lipinski definition) is 2. The Bertz CT molecular complexity index is 429. The maximum absolute atomic E-state index is 12.1. The number of halogens is 5. The van der Waals surface area contributed by atoms with Crippen LogP contribution in [0.5, 0.6) is 0 Å². The van der Waals surface area contributed by atoms with Gasteiger partial charge in [0, 0.05) is 15.5 Å². The van der Waals surface area contributed by atoms with Gasteiger partial charge in [0.05, 0.1) is 6.61 Å². The van der Waals surface area contributed by atoms with Gasteiger partial charge in [-0.2, -0.15) is 13.2 Å². The molecule has 0 saturated heterocycles. The van der Waals surface area contributed by atoms with Crippen LogP contribution in [-0.4, -0.2) is 32.0 Å². The molecule has 0 heterocycles. The van der Waals surface area contributed by atoms with Crippen molar-refractivity contribution >= 4 is 27.5 Å². The normalized spacial score (nSPS) is 13.5. The molecule has 0 aliphatic heterocycles. The van der Waals surface area contributed by atoms with E-state index in [1.54, 1.807) is 6.07 Å². The first-order chi connectivity index (χ1) is 9.31. The van der Waals surface area contributed by atoms with E-state index in [1.807, 2.05) is 19.1 Å². The van der Waals surface area contributed by atoms with Crippen LogP contribution in [0.4, 0.5) is 13.2 Å². The molecule has 0 spiro atoms. The number of likely N-dealkylation sites (N-methyl/N-ethyl adjacent to an activating group) is 1. The first kappa shape index (κ1) is 17.8. The van der Waals surface area contributed by atoms with E-state index < -0.39 is 12.8 Å². The third-order valence-electron chi connectivity index (χ3n) is 2.56. The van der Waals surface area contributed by atoms with E-state index in [4.69, 9.17) is 16.3 Å². The Morgan fingerprint density at radius 3 is 2.65 bits per heavy atom. The van der Waals surface area contributed by atoms with Gasteiger partial charge in [0.2, 0.25) is 0 Å². The molecule has 1 unspecified atom stereocenters. The van der Waals surface area contributed by atoms with E-state index in [0.717, 1.165) is 10.0 Å². The lowest BCUT2D eigenvalue weighted by Crippen LogP contribution is -2.36. The minimum Gasteiger partial charge on any atom is -0.370 e. The van der Waals surface area contributed by atoms with Gasteiger partial charge in [-0.05, 0) is 30.7 Å². The summed E-state index contributed by atoms with van der Waals surface area (Å²) in [4.78, 5) is 0. The van der Waals surface area contributed by atoms with Crippen molar-refractivity contribution in [2.24, 2.45) is 0 Å². The second kappa shape index (κ2) is 8.22. The highest BCUT2D eigenvalue weighted by molar-refractivity contribution is 9.10. The maximum Gasteiger partial charge on any atom is 0.411 e. The first-order valence-corrected chi connectivity index (χ1v) is 7.30. The topological polar surface area (TPSA) is 21.3 Å². The fourth-order valence-corrected chi connectivity index (χ4v) is 2.50. The van der Waals surface area contributed by atoms with Crippen molar-refractivity contribution in [2.75, 3.05) is 19.8 Å². The van der Waals surface area contributed by atoms with Crippen LogP contribution in [0.2, 0.25) is 5.02 Å². The zero-order valence-corrected chi connectivity index (χ0v) is 13.3. The van der Waals surface area contributed by atoms with Gasteiger partial charge in [-0.1, -0.05) is 40.5 Å². The SMILES string of the molecule is CCNC(COCC(F)(F)F)Cc1ccc(Br)cc1Cl. The molecule has 0 aromatic heterocycles. The minimum absolute atomic E-state index is 0.0141. The molecule has 1 atom stereocenters. The van der Waals surface area contributed by atoms with E-state index in [9.17, 15) is 13.2 Å². The van der Waals surface area contributed by atoms with Crippen LogP contribution in [0.25, 0.3) is 0 Å². The number of benzene rings is 1. The molecule has 20 heavy (non-hydrogen) atoms. The summed E-state index contributed by atoms with van der Waals surface area (Å²) in [6.45, 7) is 1.29. The zero-order valence-electron chi connectivity index (χ0n) is 10.9. The van der Waals surface area contributed by atoms with Gasteiger partial charge in [-0.3, -0.25) is 0 Å². The van der Waals surface area contributed by atoms with Crippen molar-refractivity contribution < 1.29 is 17.9 Å². The molecule has 0 aliphatic rings. The molecule has 0 bridgehead atoms. The Hall–Kier alpha value is -0.300. The van der Waals surface area contributed by atoms with Crippen LogP contribution in [0.15, 0.2) is 22.7 Å². The number of nitrogens with one attached hydrogen (secondary N) is 1. The van der Waals surface area contributed by atoms with Crippen molar-refractivity contribution in [1.29, 1.82) is 0 Å². The van der Waals surface area contributed by atoms with E-state index in [0.29, 0.717) is 18.0 Å². The quantitative estimate of drug-likeness (QED) is 0.772. The Morgan fingerprint density at radius 2 is 2.10 bits per heavy atom. The lowest BCUT2D eigenvalue weighted by molar-refractivity contribution is -0.175. The summed E-state index contributed by atoms with van der Waals surface area (Å²) in [5.41, 5.74) is 0.872. The molecule has 114 valence electrons. The summed E-state index contributed by atoms with van der Waals surface area (Å²) in [5.74, 6) is 0. The summed E-state index contributed by atoms with van der Waals surface area (Å²) in [7, 11) is 0. The van der Waals surface area contributed by atoms with Gasteiger partial charge in [0.25, 0.3) is 0 Å². The number of ether oxygens (including phenoxy) is 1. The van der Waals surface area contributed by atoms with E-state index >= 15 is 0 Å². The summed E-state index contributed by atoms with van der Waals surface area (Å²) in [6.07, 6.45) is -3.79. The van der Waals surface area contributed by atoms with Gasteiger partial charge < -0.3 is 10.1 Å². The molecule has 0 saturated carbocycles. The molecular formula is C13H16BrClF3NO. The summed E-state index contributed by atoms with van der Waals surface area (Å²) in [6, 6.07) is 5.25. The van der Waals surface area contributed by atoms with Crippen molar-refractivity contribution in [3.05, 3.63) is 33.3 Å². The lowest BCUT2D eigenvalue weighted by atomic mass is 10.1. The van der Waals surface area contributed by atoms with Gasteiger partial charge in [0.1, 0.15) is 6.61 Å². The Morgan fingerprint density at radius 1 is 1.40 bits per heavy atom. The summed E-state index contributed by atoms with van der Waals surface area (Å²) < 4.78 is 41.7. The van der Waals surface area contributed by atoms with Crippen molar-refractivity contribution in [1.82, 2.24) is 5.32 Å². The smallest absolute Gasteiger partial charge is 0.370 e. The molecule has 0 fully saturated rings. The Labute approximate surface area is 129 Å². The Kier molecular flexibility index (Phi) is 7.29. The van der Waals surface area contributed by atoms with Crippen LogP contribution in [0.1, 0.15) is 12.5 Å². The summed E-state index contributed by atoms with van der Waals surface area (Å²) >= 11 is 9.41. The molecule has 0 radical (unpaired) electrons. The van der Waals surface area contributed by atoms with Crippen molar-refractivity contribution in [2.45, 2.75) is 25.6 Å². The van der Waals surface area contributed by atoms with E-state index in [1.165, 1.54) is 0 Å². The van der Waals surface area contributed by atoms with Gasteiger partial charge in [0.15, 0.2) is 0 Å². The fourth-order valence-electron chi connectivity index (χ4n) is 1.75. The van der Waals surface area contributed by atoms with E-state index in [-0.39, 0.29) is 12.6 Å². The second-order valence-corrected chi connectivity index (χ2v) is 5.65. The third kappa shape index (κ3) is 6.92. The number of hydrogen-bond donors (Lipinski definition) is 1. The highest BCUT2D eigenvalue weighted by Crippen LogP contribution is 2.22. The standard InChI is InChI=1S/C13H16BrClF3NO/c1-2-19-11(7-20-8-13(16,17)18)5-9-3-4-10(14)6-12(9)15/h3-4,6,11,19H,2,5,7-8H2,1H3. The minimum atomic E-state index is -4.30. The van der Waals surface area contributed by atoms with Crippen LogP contribution in [-0.2, 0) is 11.2 Å². The molecule has 2 nitrogen and oxygen atoms in total. The summed E-state index contributed by atoms with van der Waals surface area (Å²) in [5, 5.41) is 3.68. The fraction of sp³-hybridized carbons (Fsp3) is 0.538. The molecule has 0 amide bonds. The average Bonchev–Trinajstić information content (AvgIpc) is 2.31. The van der Waals surface area contributed by atoms with E-state index in [2.05, 4.69) is 21.2 Å².